The van der Waals surface area contributed by atoms with E-state index in [-0.39, 0.29) is 29.7 Å². The minimum Gasteiger partial charge on any atom is -0.364 e. The van der Waals surface area contributed by atoms with Crippen molar-refractivity contribution in [2.24, 2.45) is 17.4 Å². The number of nitrogens with zero attached hydrogens (tertiary/aromatic N) is 2. The Morgan fingerprint density at radius 1 is 1.32 bits per heavy atom. The number of carbonyl (C=O) groups excluding carboxylic acids is 2. The van der Waals surface area contributed by atoms with Crippen LogP contribution in [0, 0.1) is 5.92 Å². The molecule has 8 heteroatoms. The van der Waals surface area contributed by atoms with Gasteiger partial charge in [0.05, 0.1) is 11.2 Å². The van der Waals surface area contributed by atoms with Crippen molar-refractivity contribution in [3.05, 3.63) is 47.8 Å². The van der Waals surface area contributed by atoms with E-state index in [0.29, 0.717) is 18.2 Å². The monoisotopic (exact) mass is 363 g/mol. The molecule has 1 unspecified atom stereocenters. The van der Waals surface area contributed by atoms with Crippen LogP contribution in [0.2, 0.25) is 0 Å². The number of para-hydroxylation sites is 1. The Labute approximate surface area is 152 Å². The first kappa shape index (κ1) is 19.0. The van der Waals surface area contributed by atoms with E-state index >= 15 is 0 Å². The number of nitrogens with one attached hydrogen (secondary N) is 1. The van der Waals surface area contributed by atoms with Crippen LogP contribution in [0.5, 0.6) is 0 Å². The molecule has 0 saturated heterocycles. The summed E-state index contributed by atoms with van der Waals surface area (Å²) in [4.78, 5) is 24.3. The fourth-order valence-corrected chi connectivity index (χ4v) is 2.80. The smallest absolute Gasteiger partial charge is 0.272 e. The van der Waals surface area contributed by atoms with Gasteiger partial charge in [-0.15, -0.1) is 12.4 Å². The lowest BCUT2D eigenvalue weighted by Gasteiger charge is -2.29. The van der Waals surface area contributed by atoms with E-state index in [0.717, 1.165) is 12.8 Å². The zero-order valence-electron chi connectivity index (χ0n) is 13.9. The average molecular weight is 364 g/mol. The first-order valence-corrected chi connectivity index (χ1v) is 7.92. The fourth-order valence-electron chi connectivity index (χ4n) is 2.80. The van der Waals surface area contributed by atoms with E-state index in [1.165, 1.54) is 10.7 Å². The number of nitrogens with two attached hydrogens (primary N) is 2. The Bertz CT molecular complexity index is 773. The van der Waals surface area contributed by atoms with Crippen LogP contribution >= 0.6 is 12.4 Å². The second-order valence-corrected chi connectivity index (χ2v) is 6.38. The summed E-state index contributed by atoms with van der Waals surface area (Å²) in [6.45, 7) is 2.29. The number of rotatable bonds is 6. The molecule has 1 aliphatic rings. The maximum atomic E-state index is 12.6. The number of carbonyl (C=O) groups is 2. The third-order valence-corrected chi connectivity index (χ3v) is 4.50. The Morgan fingerprint density at radius 2 is 1.96 bits per heavy atom. The van der Waals surface area contributed by atoms with Crippen LogP contribution in [0.4, 0.5) is 0 Å². The van der Waals surface area contributed by atoms with E-state index in [4.69, 9.17) is 11.5 Å². The molecular weight excluding hydrogens is 342 g/mol. The van der Waals surface area contributed by atoms with Crippen molar-refractivity contribution in [3.63, 3.8) is 0 Å². The quantitative estimate of drug-likeness (QED) is 0.716. The first-order valence-electron chi connectivity index (χ1n) is 7.92. The van der Waals surface area contributed by atoms with Gasteiger partial charge in [0.1, 0.15) is 5.69 Å². The van der Waals surface area contributed by atoms with Crippen molar-refractivity contribution >= 4 is 24.2 Å². The molecule has 3 rings (SSSR count). The van der Waals surface area contributed by atoms with Gasteiger partial charge >= 0.3 is 0 Å². The highest BCUT2D eigenvalue weighted by atomic mass is 35.5. The van der Waals surface area contributed by atoms with Gasteiger partial charge < -0.3 is 16.8 Å². The number of hydrogen-bond acceptors (Lipinski definition) is 4. The lowest BCUT2D eigenvalue weighted by atomic mass is 9.96. The molecule has 25 heavy (non-hydrogen) atoms. The molecule has 1 aromatic carbocycles. The van der Waals surface area contributed by atoms with Crippen LogP contribution in [-0.2, 0) is 0 Å². The fraction of sp³-hybridized carbons (Fsp3) is 0.353. The number of hydrogen-bond donors (Lipinski definition) is 3. The number of amides is 2. The van der Waals surface area contributed by atoms with E-state index in [9.17, 15) is 9.59 Å². The van der Waals surface area contributed by atoms with Crippen molar-refractivity contribution < 1.29 is 9.59 Å². The van der Waals surface area contributed by atoms with Crippen LogP contribution in [0.3, 0.4) is 0 Å². The first-order chi connectivity index (χ1) is 11.4. The molecule has 1 aromatic heterocycles. The third kappa shape index (κ3) is 3.83. The molecule has 2 aromatic rings. The van der Waals surface area contributed by atoms with Gasteiger partial charge in [-0.1, -0.05) is 18.2 Å². The van der Waals surface area contributed by atoms with Crippen molar-refractivity contribution in [1.82, 2.24) is 15.1 Å². The summed E-state index contributed by atoms with van der Waals surface area (Å²) >= 11 is 0. The second-order valence-electron chi connectivity index (χ2n) is 6.38. The summed E-state index contributed by atoms with van der Waals surface area (Å²) in [7, 11) is 0. The lowest BCUT2D eigenvalue weighted by molar-refractivity contribution is 0.0891. The van der Waals surface area contributed by atoms with Gasteiger partial charge in [-0.3, -0.25) is 9.59 Å². The standard InChI is InChI=1S/C17H21N5O2.ClH/c1-17(10-18,11-7-8-11)20-16(24)13-9-14(15(19)23)22(21-13)12-5-3-2-4-6-12;/h2-6,9,11H,7-8,10,18H2,1H3,(H2,19,23)(H,20,24);1H. The van der Waals surface area contributed by atoms with E-state index in [2.05, 4.69) is 10.4 Å². The van der Waals surface area contributed by atoms with Crippen LogP contribution in [-0.4, -0.2) is 33.7 Å². The molecule has 1 atom stereocenters. The van der Waals surface area contributed by atoms with Crippen LogP contribution in [0.15, 0.2) is 36.4 Å². The van der Waals surface area contributed by atoms with Gasteiger partial charge in [-0.2, -0.15) is 5.10 Å². The third-order valence-electron chi connectivity index (χ3n) is 4.50. The molecule has 1 saturated carbocycles. The molecule has 1 fully saturated rings. The van der Waals surface area contributed by atoms with Gasteiger partial charge in [-0.05, 0) is 37.8 Å². The highest BCUT2D eigenvalue weighted by molar-refractivity contribution is 5.98. The summed E-state index contributed by atoms with van der Waals surface area (Å²) < 4.78 is 1.38. The molecule has 1 aliphatic carbocycles. The van der Waals surface area contributed by atoms with Gasteiger partial charge in [0.25, 0.3) is 11.8 Å². The van der Waals surface area contributed by atoms with Crippen molar-refractivity contribution in [3.8, 4) is 5.69 Å². The van der Waals surface area contributed by atoms with Crippen molar-refractivity contribution in [2.75, 3.05) is 6.54 Å². The molecule has 7 nitrogen and oxygen atoms in total. The molecule has 1 heterocycles. The lowest BCUT2D eigenvalue weighted by Crippen LogP contribution is -2.53. The number of primary amides is 1. The Balaban J connectivity index is 0.00000225. The van der Waals surface area contributed by atoms with Crippen molar-refractivity contribution in [1.29, 1.82) is 0 Å². The highest BCUT2D eigenvalue weighted by Crippen LogP contribution is 2.39. The Morgan fingerprint density at radius 3 is 2.48 bits per heavy atom. The van der Waals surface area contributed by atoms with Gasteiger partial charge in [0, 0.05) is 12.6 Å². The minimum absolute atomic E-state index is 0. The minimum atomic E-state index is -0.644. The van der Waals surface area contributed by atoms with E-state index in [1.54, 1.807) is 12.1 Å². The van der Waals surface area contributed by atoms with E-state index in [1.807, 2.05) is 25.1 Å². The number of halogens is 1. The predicted molar refractivity (Wildman–Crippen MR) is 97.0 cm³/mol. The maximum Gasteiger partial charge on any atom is 0.272 e. The number of aromatic nitrogens is 2. The Hall–Kier alpha value is -2.38. The van der Waals surface area contributed by atoms with E-state index < -0.39 is 11.4 Å². The highest BCUT2D eigenvalue weighted by Gasteiger charge is 2.42. The molecule has 0 aliphatic heterocycles. The van der Waals surface area contributed by atoms with Crippen molar-refractivity contribution in [2.45, 2.75) is 25.3 Å². The molecular formula is C17H22ClN5O2. The van der Waals surface area contributed by atoms with Gasteiger partial charge in [0.15, 0.2) is 5.69 Å². The SMILES string of the molecule is CC(CN)(NC(=O)c1cc(C(N)=O)n(-c2ccccc2)n1)C1CC1.Cl. The molecule has 0 bridgehead atoms. The summed E-state index contributed by atoms with van der Waals surface area (Å²) in [5, 5.41) is 7.22. The zero-order valence-corrected chi connectivity index (χ0v) is 14.8. The Kier molecular flexibility index (Phi) is 5.49. The summed E-state index contributed by atoms with van der Waals surface area (Å²) in [6.07, 6.45) is 2.11. The topological polar surface area (TPSA) is 116 Å². The van der Waals surface area contributed by atoms with Crippen LogP contribution in [0.1, 0.15) is 40.7 Å². The average Bonchev–Trinajstić information content (AvgIpc) is 3.34. The summed E-state index contributed by atoms with van der Waals surface area (Å²) in [5.41, 5.74) is 11.8. The zero-order chi connectivity index (χ0) is 17.3. The van der Waals surface area contributed by atoms with Crippen LogP contribution < -0.4 is 16.8 Å². The second kappa shape index (κ2) is 7.25. The number of benzene rings is 1. The molecule has 5 N–H and O–H groups in total. The molecule has 0 spiro atoms. The van der Waals surface area contributed by atoms with Gasteiger partial charge in [0.2, 0.25) is 0 Å². The summed E-state index contributed by atoms with van der Waals surface area (Å²) in [6, 6.07) is 10.5. The largest absolute Gasteiger partial charge is 0.364 e. The summed E-state index contributed by atoms with van der Waals surface area (Å²) in [5.74, 6) is -0.612. The maximum absolute atomic E-state index is 12.6. The molecule has 134 valence electrons. The predicted octanol–water partition coefficient (Wildman–Crippen LogP) is 1.25. The molecule has 0 radical (unpaired) electrons. The molecule has 2 amide bonds. The van der Waals surface area contributed by atoms with Crippen LogP contribution in [0.25, 0.3) is 5.69 Å². The van der Waals surface area contributed by atoms with Gasteiger partial charge in [-0.25, -0.2) is 4.68 Å². The normalized spacial score (nSPS) is 15.8.